The second-order valence-electron chi connectivity index (χ2n) is 11.7. The molecule has 4 aliphatic rings. The van der Waals surface area contributed by atoms with Gasteiger partial charge < -0.3 is 19.5 Å². The molecular formula is C28H37N5O4S2. The van der Waals surface area contributed by atoms with E-state index in [1.807, 2.05) is 6.08 Å². The SMILES string of the molecule is C=CCn1c(CC23CC4CC(CC(C4)C2)C3)nnc1SCC(=O)Nc1sc(C(=O)N(C)C)c(C)c1C(=O)OC. The number of anilines is 1. The van der Waals surface area contributed by atoms with Gasteiger partial charge in [0.2, 0.25) is 5.91 Å². The van der Waals surface area contributed by atoms with Gasteiger partial charge in [0, 0.05) is 27.1 Å². The van der Waals surface area contributed by atoms with Crippen LogP contribution in [0.1, 0.15) is 69.9 Å². The molecule has 6 rings (SSSR count). The molecule has 2 amide bonds. The number of allylic oxidation sites excluding steroid dienone is 1. The number of nitrogens with zero attached hydrogens (tertiary/aromatic N) is 4. The molecule has 2 aromatic rings. The van der Waals surface area contributed by atoms with Crippen molar-refractivity contribution in [3.8, 4) is 0 Å². The molecular weight excluding hydrogens is 534 g/mol. The summed E-state index contributed by atoms with van der Waals surface area (Å²) in [7, 11) is 4.57. The zero-order valence-electron chi connectivity index (χ0n) is 23.1. The number of carbonyl (C=O) groups excluding carboxylic acids is 3. The summed E-state index contributed by atoms with van der Waals surface area (Å²) in [6.07, 6.45) is 10.9. The predicted molar refractivity (Wildman–Crippen MR) is 152 cm³/mol. The van der Waals surface area contributed by atoms with Gasteiger partial charge in [0.15, 0.2) is 5.16 Å². The van der Waals surface area contributed by atoms with Crippen LogP contribution in [0.15, 0.2) is 17.8 Å². The van der Waals surface area contributed by atoms with Crippen LogP contribution in [0.25, 0.3) is 0 Å². The smallest absolute Gasteiger partial charge is 0.341 e. The lowest BCUT2D eigenvalue weighted by molar-refractivity contribution is -0.113. The average Bonchev–Trinajstić information content (AvgIpc) is 3.40. The summed E-state index contributed by atoms with van der Waals surface area (Å²) in [5, 5.41) is 12.9. The molecule has 0 atom stereocenters. The van der Waals surface area contributed by atoms with Crippen molar-refractivity contribution in [2.45, 2.75) is 63.6 Å². The molecule has 210 valence electrons. The molecule has 0 aliphatic heterocycles. The van der Waals surface area contributed by atoms with E-state index >= 15 is 0 Å². The molecule has 2 heterocycles. The molecule has 0 saturated heterocycles. The Hall–Kier alpha value is -2.66. The summed E-state index contributed by atoms with van der Waals surface area (Å²) in [6, 6.07) is 0. The van der Waals surface area contributed by atoms with Gasteiger partial charge in [0.25, 0.3) is 5.91 Å². The number of ether oxygens (including phenoxy) is 1. The lowest BCUT2D eigenvalue weighted by Crippen LogP contribution is -2.47. The number of methoxy groups -OCH3 is 1. The summed E-state index contributed by atoms with van der Waals surface area (Å²) in [5.41, 5.74) is 1.04. The number of rotatable bonds is 10. The minimum Gasteiger partial charge on any atom is -0.465 e. The van der Waals surface area contributed by atoms with Gasteiger partial charge in [-0.1, -0.05) is 17.8 Å². The lowest BCUT2D eigenvalue weighted by Gasteiger charge is -2.56. The number of thiophene rings is 1. The van der Waals surface area contributed by atoms with Gasteiger partial charge >= 0.3 is 5.97 Å². The number of hydrogen-bond donors (Lipinski definition) is 1. The third-order valence-corrected chi connectivity index (χ3v) is 10.7. The Balaban J connectivity index is 1.29. The van der Waals surface area contributed by atoms with Crippen molar-refractivity contribution in [2.75, 3.05) is 32.3 Å². The quantitative estimate of drug-likeness (QED) is 0.248. The number of amides is 2. The number of nitrogens with one attached hydrogen (secondary N) is 1. The second-order valence-corrected chi connectivity index (χ2v) is 13.6. The maximum Gasteiger partial charge on any atom is 0.341 e. The van der Waals surface area contributed by atoms with Gasteiger partial charge in [-0.05, 0) is 74.2 Å². The van der Waals surface area contributed by atoms with Crippen molar-refractivity contribution >= 4 is 45.9 Å². The molecule has 0 aromatic carbocycles. The van der Waals surface area contributed by atoms with Crippen LogP contribution >= 0.6 is 23.1 Å². The van der Waals surface area contributed by atoms with E-state index in [-0.39, 0.29) is 23.1 Å². The van der Waals surface area contributed by atoms with E-state index in [4.69, 9.17) is 4.74 Å². The molecule has 2 aromatic heterocycles. The van der Waals surface area contributed by atoms with Crippen LogP contribution in [0.4, 0.5) is 5.00 Å². The fourth-order valence-corrected chi connectivity index (χ4v) is 9.36. The van der Waals surface area contributed by atoms with Crippen LogP contribution in [0, 0.1) is 30.1 Å². The molecule has 4 aliphatic carbocycles. The second kappa shape index (κ2) is 11.1. The first-order valence-electron chi connectivity index (χ1n) is 13.5. The molecule has 0 radical (unpaired) electrons. The topological polar surface area (TPSA) is 106 Å². The van der Waals surface area contributed by atoms with Gasteiger partial charge in [-0.15, -0.1) is 28.1 Å². The highest BCUT2D eigenvalue weighted by Crippen LogP contribution is 2.61. The normalized spacial score (nSPS) is 25.0. The molecule has 9 nitrogen and oxygen atoms in total. The first kappa shape index (κ1) is 27.9. The maximum absolute atomic E-state index is 13.0. The largest absolute Gasteiger partial charge is 0.465 e. The molecule has 0 unspecified atom stereocenters. The van der Waals surface area contributed by atoms with Crippen molar-refractivity contribution in [2.24, 2.45) is 23.2 Å². The number of thioether (sulfide) groups is 1. The standard InChI is InChI=1S/C28H37N5O4S2/c1-6-7-33-20(14-28-11-17-8-18(12-28)10-19(9-17)13-28)30-31-27(33)38-15-21(34)29-24-22(26(36)37-5)16(2)23(39-24)25(35)32(3)4/h6,17-19H,1,7-15H2,2-5H3,(H,29,34). The Morgan fingerprint density at radius 3 is 2.38 bits per heavy atom. The van der Waals surface area contributed by atoms with Crippen molar-refractivity contribution in [1.29, 1.82) is 0 Å². The lowest BCUT2D eigenvalue weighted by atomic mass is 9.49. The molecule has 11 heteroatoms. The zero-order valence-corrected chi connectivity index (χ0v) is 24.8. The van der Waals surface area contributed by atoms with Crippen molar-refractivity contribution < 1.29 is 19.1 Å². The zero-order chi connectivity index (χ0) is 27.9. The van der Waals surface area contributed by atoms with Gasteiger partial charge in [-0.3, -0.25) is 9.59 Å². The minimum atomic E-state index is -0.593. The van der Waals surface area contributed by atoms with Gasteiger partial charge in [0.1, 0.15) is 10.8 Å². The predicted octanol–water partition coefficient (Wildman–Crippen LogP) is 4.81. The highest BCUT2D eigenvalue weighted by Gasteiger charge is 2.51. The van der Waals surface area contributed by atoms with Gasteiger partial charge in [0.05, 0.1) is 23.3 Å². The highest BCUT2D eigenvalue weighted by molar-refractivity contribution is 7.99. The van der Waals surface area contributed by atoms with Crippen molar-refractivity contribution in [1.82, 2.24) is 19.7 Å². The molecule has 4 fully saturated rings. The van der Waals surface area contributed by atoms with E-state index in [0.29, 0.717) is 32.6 Å². The third kappa shape index (κ3) is 5.52. The Morgan fingerprint density at radius 1 is 1.18 bits per heavy atom. The van der Waals surface area contributed by atoms with Crippen LogP contribution in [0.5, 0.6) is 0 Å². The van der Waals surface area contributed by atoms with Crippen LogP contribution in [-0.2, 0) is 22.5 Å². The van der Waals surface area contributed by atoms with Crippen LogP contribution < -0.4 is 5.32 Å². The van der Waals surface area contributed by atoms with E-state index in [9.17, 15) is 14.4 Å². The van der Waals surface area contributed by atoms with E-state index in [1.54, 1.807) is 21.0 Å². The molecule has 4 bridgehead atoms. The van der Waals surface area contributed by atoms with Crippen molar-refractivity contribution in [3.63, 3.8) is 0 Å². The summed E-state index contributed by atoms with van der Waals surface area (Å²) in [5.74, 6) is 2.54. The Kier molecular flexibility index (Phi) is 7.92. The summed E-state index contributed by atoms with van der Waals surface area (Å²) >= 11 is 2.40. The molecule has 39 heavy (non-hydrogen) atoms. The third-order valence-electron chi connectivity index (χ3n) is 8.53. The Labute approximate surface area is 237 Å². The van der Waals surface area contributed by atoms with Gasteiger partial charge in [-0.25, -0.2) is 4.79 Å². The summed E-state index contributed by atoms with van der Waals surface area (Å²) < 4.78 is 7.01. The fourth-order valence-electron chi connectivity index (χ4n) is 7.36. The number of carbonyl (C=O) groups is 3. The van der Waals surface area contributed by atoms with Gasteiger partial charge in [-0.2, -0.15) is 0 Å². The average molecular weight is 572 g/mol. The van der Waals surface area contributed by atoms with Crippen molar-refractivity contribution in [3.05, 3.63) is 34.5 Å². The van der Waals surface area contributed by atoms with E-state index in [1.165, 1.54) is 62.3 Å². The van der Waals surface area contributed by atoms with E-state index in [0.717, 1.165) is 41.3 Å². The van der Waals surface area contributed by atoms with E-state index < -0.39 is 5.97 Å². The minimum absolute atomic E-state index is 0.0845. The van der Waals surface area contributed by atoms with E-state index in [2.05, 4.69) is 26.7 Å². The molecule has 1 N–H and O–H groups in total. The number of hydrogen-bond acceptors (Lipinski definition) is 8. The Bertz CT molecular complexity index is 1260. The number of esters is 1. The van der Waals surface area contributed by atoms with Crippen LogP contribution in [-0.4, -0.2) is 64.4 Å². The Morgan fingerprint density at radius 2 is 1.82 bits per heavy atom. The number of aromatic nitrogens is 3. The molecule has 4 saturated carbocycles. The first-order valence-corrected chi connectivity index (χ1v) is 15.3. The first-order chi connectivity index (χ1) is 18.6. The summed E-state index contributed by atoms with van der Waals surface area (Å²) in [4.78, 5) is 39.9. The maximum atomic E-state index is 13.0. The monoisotopic (exact) mass is 571 g/mol. The fraction of sp³-hybridized carbons (Fsp3) is 0.607. The summed E-state index contributed by atoms with van der Waals surface area (Å²) in [6.45, 7) is 6.20. The van der Waals surface area contributed by atoms with Crippen LogP contribution in [0.2, 0.25) is 0 Å². The highest BCUT2D eigenvalue weighted by atomic mass is 32.2. The molecule has 0 spiro atoms. The van der Waals surface area contributed by atoms with Crippen LogP contribution in [0.3, 0.4) is 0 Å².